The Bertz CT molecular complexity index is 1710. The first-order valence-electron chi connectivity index (χ1n) is 18.2. The van der Waals surface area contributed by atoms with E-state index in [1.165, 1.54) is 20.8 Å². The van der Waals surface area contributed by atoms with Crippen LogP contribution in [0.2, 0.25) is 0 Å². The molecule has 4 aliphatic heterocycles. The van der Waals surface area contributed by atoms with Gasteiger partial charge in [0.15, 0.2) is 0 Å². The second-order valence-corrected chi connectivity index (χ2v) is 17.1. The molecule has 4 heterocycles. The summed E-state index contributed by atoms with van der Waals surface area (Å²) < 4.78 is 40.9. The molecule has 6 rings (SSSR count). The van der Waals surface area contributed by atoms with Gasteiger partial charge < -0.3 is 25.0 Å². The molecule has 1 aliphatic carbocycles. The third kappa shape index (κ3) is 8.22. The summed E-state index contributed by atoms with van der Waals surface area (Å²) in [6.07, 6.45) is 5.05. The predicted molar refractivity (Wildman–Crippen MR) is 188 cm³/mol. The number of benzene rings is 1. The molecule has 0 unspecified atom stereocenters. The van der Waals surface area contributed by atoms with Crippen LogP contribution in [0.25, 0.3) is 0 Å². The molecule has 0 aromatic heterocycles. The lowest BCUT2D eigenvalue weighted by atomic mass is 9.87. The van der Waals surface area contributed by atoms with Gasteiger partial charge in [0.2, 0.25) is 11.8 Å². The number of carbonyl (C=O) groups excluding carboxylic acids is 5. The van der Waals surface area contributed by atoms with Crippen molar-refractivity contribution in [3.05, 3.63) is 47.5 Å². The minimum absolute atomic E-state index is 0.0729. The molecule has 0 radical (unpaired) electrons. The third-order valence-corrected chi connectivity index (χ3v) is 12.4. The van der Waals surface area contributed by atoms with Crippen LogP contribution in [0.4, 0.5) is 9.59 Å². The minimum atomic E-state index is -4.15. The van der Waals surface area contributed by atoms with Gasteiger partial charge in [0, 0.05) is 38.5 Å². The van der Waals surface area contributed by atoms with Gasteiger partial charge in [0.25, 0.3) is 5.91 Å². The minimum Gasteiger partial charge on any atom is -0.449 e. The maximum atomic E-state index is 14.0. The number of rotatable bonds is 6. The molecule has 3 fully saturated rings. The van der Waals surface area contributed by atoms with Crippen molar-refractivity contribution in [2.75, 3.05) is 32.8 Å². The highest BCUT2D eigenvalue weighted by molar-refractivity contribution is 7.87. The predicted octanol–water partition coefficient (Wildman–Crippen LogP) is 2.49. The quantitative estimate of drug-likeness (QED) is 0.369. The highest BCUT2D eigenvalue weighted by Crippen LogP contribution is 2.45. The van der Waals surface area contributed by atoms with Crippen LogP contribution in [0.1, 0.15) is 81.9 Å². The summed E-state index contributed by atoms with van der Waals surface area (Å²) in [6, 6.07) is 4.88. The average molecular weight is 743 g/mol. The fourth-order valence-electron chi connectivity index (χ4n) is 7.75. The molecule has 1 aromatic rings. The average Bonchev–Trinajstić information content (AvgIpc) is 3.41. The molecule has 4 atom stereocenters. The molecule has 5 amide bonds. The number of hydrogen-bond donors (Lipinski definition) is 3. The number of fused-ring (bicyclic) bond motifs is 3. The molecule has 5 aliphatic rings. The Labute approximate surface area is 305 Å². The maximum Gasteiger partial charge on any atom is 0.410 e. The fraction of sp³-hybridized carbons (Fsp3) is 0.639. The molecular formula is C36H50N6O9S. The van der Waals surface area contributed by atoms with E-state index in [1.807, 2.05) is 26.0 Å². The van der Waals surface area contributed by atoms with E-state index < -0.39 is 70.3 Å². The van der Waals surface area contributed by atoms with Crippen LogP contribution in [0.3, 0.4) is 0 Å². The zero-order valence-electron chi connectivity index (χ0n) is 30.0. The van der Waals surface area contributed by atoms with Crippen molar-refractivity contribution in [2.24, 2.45) is 11.3 Å². The van der Waals surface area contributed by atoms with Crippen molar-refractivity contribution in [3.8, 4) is 0 Å². The lowest BCUT2D eigenvalue weighted by molar-refractivity contribution is -0.139. The highest BCUT2D eigenvalue weighted by Gasteiger charge is 2.61. The number of amides is 5. The second-order valence-electron chi connectivity index (χ2n) is 15.4. The summed E-state index contributed by atoms with van der Waals surface area (Å²) in [6.45, 7) is 8.65. The first-order valence-corrected chi connectivity index (χ1v) is 19.7. The standard InChI is InChI=1S/C36H50N6O9S/c1-4-26-18-36(26,32(45)39-52(48,49)41-15-8-5-9-16-41)38-31(44)29-17-27-21-42(29)30(43)19-37-33(46)50-23-35(2,3)14-7-6-11-24-12-10-13-25-20-40(22-28(24)25)34(47)51-27/h4,10,12-13,26-27,29H,1,5-9,11,14-23H2,2-3H3,(H,37,46)(H,38,44)(H,39,45)/t26-,27-,29+,36+/m1/s1. The first kappa shape index (κ1) is 37.6. The molecule has 284 valence electrons. The monoisotopic (exact) mass is 742 g/mol. The van der Waals surface area contributed by atoms with E-state index in [4.69, 9.17) is 9.47 Å². The van der Waals surface area contributed by atoms with Gasteiger partial charge in [-0.05, 0) is 60.6 Å². The fourth-order valence-corrected chi connectivity index (χ4v) is 9.03. The number of aryl methyl sites for hydroxylation is 1. The van der Waals surface area contributed by atoms with Gasteiger partial charge in [-0.25, -0.2) is 14.3 Å². The Hall–Kier alpha value is -4.18. The summed E-state index contributed by atoms with van der Waals surface area (Å²) in [4.78, 5) is 70.1. The number of cyclic esters (lactones) is 1. The van der Waals surface area contributed by atoms with Crippen molar-refractivity contribution < 1.29 is 41.9 Å². The van der Waals surface area contributed by atoms with Gasteiger partial charge in [-0.2, -0.15) is 12.7 Å². The molecule has 4 bridgehead atoms. The molecule has 15 nitrogen and oxygen atoms in total. The van der Waals surface area contributed by atoms with Crippen LogP contribution in [-0.2, 0) is 53.6 Å². The van der Waals surface area contributed by atoms with E-state index in [1.54, 1.807) is 4.90 Å². The number of hydrogen-bond acceptors (Lipinski definition) is 9. The van der Waals surface area contributed by atoms with Crippen molar-refractivity contribution in [1.82, 2.24) is 29.5 Å². The first-order chi connectivity index (χ1) is 24.7. The Morgan fingerprint density at radius 1 is 1.04 bits per heavy atom. The number of nitrogens with zero attached hydrogens (tertiary/aromatic N) is 3. The Kier molecular flexibility index (Phi) is 10.9. The SMILES string of the molecule is C=C[C@@H]1C[C@@]1(NC(=O)[C@@H]1C[C@@H]2CN1C(=O)CNC(=O)OCC(C)(C)CCCCc1cccc3c1CN(C3)C(=O)O2)C(=O)NS(=O)(=O)N1CCCCC1. The highest BCUT2D eigenvalue weighted by atomic mass is 32.2. The van der Waals surface area contributed by atoms with E-state index in [0.29, 0.717) is 25.9 Å². The van der Waals surface area contributed by atoms with Crippen LogP contribution >= 0.6 is 0 Å². The molecule has 1 aromatic carbocycles. The van der Waals surface area contributed by atoms with Crippen molar-refractivity contribution in [2.45, 2.75) is 102 Å². The maximum absolute atomic E-state index is 14.0. The number of ether oxygens (including phenoxy) is 2. The van der Waals surface area contributed by atoms with Gasteiger partial charge in [0.1, 0.15) is 24.2 Å². The van der Waals surface area contributed by atoms with Crippen molar-refractivity contribution >= 4 is 40.1 Å². The third-order valence-electron chi connectivity index (χ3n) is 10.9. The second kappa shape index (κ2) is 15.0. The van der Waals surface area contributed by atoms with Crippen LogP contribution in [0, 0.1) is 11.3 Å². The molecule has 52 heavy (non-hydrogen) atoms. The van der Waals surface area contributed by atoms with Gasteiger partial charge in [-0.1, -0.05) is 51.0 Å². The summed E-state index contributed by atoms with van der Waals surface area (Å²) in [5.41, 5.74) is 1.42. The summed E-state index contributed by atoms with van der Waals surface area (Å²) in [5, 5.41) is 5.20. The molecule has 1 saturated carbocycles. The van der Waals surface area contributed by atoms with Gasteiger partial charge >= 0.3 is 22.4 Å². The molecule has 0 spiro atoms. The van der Waals surface area contributed by atoms with Gasteiger partial charge in [-0.15, -0.1) is 6.58 Å². The molecular weight excluding hydrogens is 692 g/mol. The van der Waals surface area contributed by atoms with Crippen molar-refractivity contribution in [1.29, 1.82) is 0 Å². The Morgan fingerprint density at radius 2 is 1.79 bits per heavy atom. The summed E-state index contributed by atoms with van der Waals surface area (Å²) in [7, 11) is -4.15. The van der Waals surface area contributed by atoms with Crippen molar-refractivity contribution in [3.63, 3.8) is 0 Å². The zero-order chi connectivity index (χ0) is 37.3. The van der Waals surface area contributed by atoms with Crippen LogP contribution in [-0.4, -0.2) is 103 Å². The van der Waals surface area contributed by atoms with E-state index in [-0.39, 0.29) is 44.5 Å². The van der Waals surface area contributed by atoms with Gasteiger partial charge in [-0.3, -0.25) is 19.3 Å². The van der Waals surface area contributed by atoms with E-state index >= 15 is 0 Å². The van der Waals surface area contributed by atoms with E-state index in [2.05, 4.69) is 28.0 Å². The Balaban J connectivity index is 1.20. The van der Waals surface area contributed by atoms with Crippen LogP contribution in [0.15, 0.2) is 30.9 Å². The largest absolute Gasteiger partial charge is 0.449 e. The summed E-state index contributed by atoms with van der Waals surface area (Å²) >= 11 is 0. The van der Waals surface area contributed by atoms with Gasteiger partial charge in [0.05, 0.1) is 13.2 Å². The molecule has 2 saturated heterocycles. The van der Waals surface area contributed by atoms with E-state index in [9.17, 15) is 32.4 Å². The lowest BCUT2D eigenvalue weighted by Gasteiger charge is -2.29. The number of piperidine rings is 1. The van der Waals surface area contributed by atoms with Crippen LogP contribution < -0.4 is 15.4 Å². The molecule has 16 heteroatoms. The Morgan fingerprint density at radius 3 is 2.52 bits per heavy atom. The summed E-state index contributed by atoms with van der Waals surface area (Å²) in [5.74, 6) is -2.78. The number of carbonyl (C=O) groups is 5. The molecule has 3 N–H and O–H groups in total. The normalized spacial score (nSPS) is 28.6. The smallest absolute Gasteiger partial charge is 0.410 e. The lowest BCUT2D eigenvalue weighted by Crippen LogP contribution is -2.58. The zero-order valence-corrected chi connectivity index (χ0v) is 30.8. The van der Waals surface area contributed by atoms with Crippen LogP contribution in [0.5, 0.6) is 0 Å². The topological polar surface area (TPSA) is 184 Å². The number of alkyl carbamates (subject to hydrolysis) is 1. The van der Waals surface area contributed by atoms with E-state index in [0.717, 1.165) is 43.2 Å². The number of nitrogens with one attached hydrogen (secondary N) is 3.